The highest BCUT2D eigenvalue weighted by molar-refractivity contribution is 9.10. The molecule has 1 aliphatic rings. The van der Waals surface area contributed by atoms with Gasteiger partial charge < -0.3 is 14.8 Å². The maximum absolute atomic E-state index is 11.6. The van der Waals surface area contributed by atoms with Crippen molar-refractivity contribution in [1.82, 2.24) is 4.98 Å². The number of rotatable bonds is 2. The third-order valence-corrected chi connectivity index (χ3v) is 2.64. The number of esters is 2. The van der Waals surface area contributed by atoms with Crippen LogP contribution in [-0.2, 0) is 19.1 Å². The molecule has 6 nitrogen and oxygen atoms in total. The van der Waals surface area contributed by atoms with Crippen LogP contribution in [0.5, 0.6) is 0 Å². The summed E-state index contributed by atoms with van der Waals surface area (Å²) in [7, 11) is 0. The Bertz CT molecular complexity index is 547. The Labute approximate surface area is 117 Å². The van der Waals surface area contributed by atoms with E-state index < -0.39 is 17.7 Å². The zero-order valence-electron chi connectivity index (χ0n) is 10.3. The molecule has 0 bridgehead atoms. The number of halogens is 1. The van der Waals surface area contributed by atoms with Gasteiger partial charge in [-0.05, 0) is 28.1 Å². The zero-order chi connectivity index (χ0) is 14.0. The molecule has 1 fully saturated rings. The molecule has 1 aromatic heterocycles. The fraction of sp³-hybridized carbons (Fsp3) is 0.250. The van der Waals surface area contributed by atoms with Gasteiger partial charge in [-0.3, -0.25) is 0 Å². The second-order valence-electron chi connectivity index (χ2n) is 4.23. The summed E-state index contributed by atoms with van der Waals surface area (Å²) in [5.74, 6) is -2.22. The molecule has 0 unspecified atom stereocenters. The Hall–Kier alpha value is -1.89. The van der Waals surface area contributed by atoms with E-state index in [1.54, 1.807) is 18.2 Å². The normalized spacial score (nSPS) is 17.5. The van der Waals surface area contributed by atoms with Crippen molar-refractivity contribution in [3.63, 3.8) is 0 Å². The average Bonchev–Trinajstić information content (AvgIpc) is 2.26. The predicted octanol–water partition coefficient (Wildman–Crippen LogP) is 1.98. The van der Waals surface area contributed by atoms with Crippen molar-refractivity contribution in [2.75, 3.05) is 5.32 Å². The van der Waals surface area contributed by atoms with Crippen LogP contribution < -0.4 is 5.32 Å². The zero-order valence-corrected chi connectivity index (χ0v) is 11.9. The van der Waals surface area contributed by atoms with Gasteiger partial charge in [0.05, 0.1) is 0 Å². The highest BCUT2D eigenvalue weighted by Crippen LogP contribution is 2.22. The maximum Gasteiger partial charge on any atom is 0.350 e. The molecule has 0 saturated carbocycles. The molecule has 7 heteroatoms. The molecule has 0 aliphatic carbocycles. The monoisotopic (exact) mass is 326 g/mol. The first-order valence-electron chi connectivity index (χ1n) is 5.43. The molecule has 2 rings (SSSR count). The topological polar surface area (TPSA) is 77.5 Å². The quantitative estimate of drug-likeness (QED) is 0.387. The maximum atomic E-state index is 11.6. The molecule has 1 N–H and O–H groups in total. The van der Waals surface area contributed by atoms with Gasteiger partial charge in [0.15, 0.2) is 5.57 Å². The summed E-state index contributed by atoms with van der Waals surface area (Å²) < 4.78 is 10.5. The third kappa shape index (κ3) is 3.31. The van der Waals surface area contributed by atoms with Crippen LogP contribution in [-0.4, -0.2) is 22.7 Å². The molecule has 100 valence electrons. The van der Waals surface area contributed by atoms with E-state index >= 15 is 0 Å². The van der Waals surface area contributed by atoms with Crippen molar-refractivity contribution in [1.29, 1.82) is 0 Å². The van der Waals surface area contributed by atoms with Gasteiger partial charge in [0.1, 0.15) is 10.4 Å². The molecule has 2 heterocycles. The van der Waals surface area contributed by atoms with Crippen molar-refractivity contribution in [3.05, 3.63) is 34.6 Å². The number of nitrogens with zero attached hydrogens (tertiary/aromatic N) is 1. The minimum absolute atomic E-state index is 0.207. The molecule has 1 aromatic rings. The molecular weight excluding hydrogens is 316 g/mol. The van der Waals surface area contributed by atoms with Crippen LogP contribution in [0.3, 0.4) is 0 Å². The molecular formula is C12H11BrN2O4. The molecule has 0 amide bonds. The van der Waals surface area contributed by atoms with Gasteiger partial charge in [0, 0.05) is 20.0 Å². The van der Waals surface area contributed by atoms with Crippen LogP contribution in [0, 0.1) is 0 Å². The highest BCUT2D eigenvalue weighted by Gasteiger charge is 2.38. The summed E-state index contributed by atoms with van der Waals surface area (Å²) in [6, 6.07) is 5.20. The molecule has 0 radical (unpaired) electrons. The molecule has 1 aliphatic heterocycles. The minimum atomic E-state index is -1.24. The number of cyclic esters (lactones) is 2. The van der Waals surface area contributed by atoms with Gasteiger partial charge in [0.2, 0.25) is 0 Å². The summed E-state index contributed by atoms with van der Waals surface area (Å²) in [4.78, 5) is 27.4. The molecule has 0 spiro atoms. The first-order valence-corrected chi connectivity index (χ1v) is 6.23. The van der Waals surface area contributed by atoms with Crippen molar-refractivity contribution < 1.29 is 19.1 Å². The summed E-state index contributed by atoms with van der Waals surface area (Å²) >= 11 is 3.21. The smallest absolute Gasteiger partial charge is 0.350 e. The van der Waals surface area contributed by atoms with Gasteiger partial charge in [-0.2, -0.15) is 0 Å². The lowest BCUT2D eigenvalue weighted by Gasteiger charge is -2.29. The Morgan fingerprint density at radius 2 is 1.89 bits per heavy atom. The van der Waals surface area contributed by atoms with Crippen molar-refractivity contribution >= 4 is 33.7 Å². The van der Waals surface area contributed by atoms with Gasteiger partial charge >= 0.3 is 11.9 Å². The predicted molar refractivity (Wildman–Crippen MR) is 69.9 cm³/mol. The van der Waals surface area contributed by atoms with E-state index in [0.717, 1.165) is 0 Å². The van der Waals surface area contributed by atoms with Crippen molar-refractivity contribution in [2.45, 2.75) is 19.6 Å². The third-order valence-electron chi connectivity index (χ3n) is 2.20. The fourth-order valence-corrected chi connectivity index (χ4v) is 1.76. The summed E-state index contributed by atoms with van der Waals surface area (Å²) in [5.41, 5.74) is -0.207. The Kier molecular flexibility index (Phi) is 3.57. The minimum Gasteiger partial charge on any atom is -0.419 e. The van der Waals surface area contributed by atoms with Crippen molar-refractivity contribution in [2.24, 2.45) is 0 Å². The molecule has 19 heavy (non-hydrogen) atoms. The van der Waals surface area contributed by atoms with Crippen LogP contribution >= 0.6 is 15.9 Å². The lowest BCUT2D eigenvalue weighted by Crippen LogP contribution is -2.42. The standard InChI is InChI=1S/C12H11BrN2O4/c1-12(2)18-10(16)7(11(17)19-12)6-14-9-5-3-4-8(13)15-9/h3-6H,1-2H3,(H,14,15). The number of aromatic nitrogens is 1. The van der Waals surface area contributed by atoms with E-state index in [4.69, 9.17) is 9.47 Å². The number of anilines is 1. The van der Waals surface area contributed by atoms with E-state index in [-0.39, 0.29) is 5.57 Å². The Morgan fingerprint density at radius 3 is 2.47 bits per heavy atom. The highest BCUT2D eigenvalue weighted by atomic mass is 79.9. The van der Waals surface area contributed by atoms with Gasteiger partial charge in [0.25, 0.3) is 5.79 Å². The van der Waals surface area contributed by atoms with Gasteiger partial charge in [-0.1, -0.05) is 6.07 Å². The van der Waals surface area contributed by atoms with Gasteiger partial charge in [-0.15, -0.1) is 0 Å². The fourth-order valence-electron chi connectivity index (χ4n) is 1.41. The second kappa shape index (κ2) is 5.00. The summed E-state index contributed by atoms with van der Waals surface area (Å²) in [5, 5.41) is 2.74. The van der Waals surface area contributed by atoms with Crippen LogP contribution in [0.1, 0.15) is 13.8 Å². The van der Waals surface area contributed by atoms with Crippen LogP contribution in [0.15, 0.2) is 34.6 Å². The number of nitrogens with one attached hydrogen (secondary N) is 1. The number of hydrogen-bond donors (Lipinski definition) is 1. The lowest BCUT2D eigenvalue weighted by atomic mass is 10.2. The molecule has 1 saturated heterocycles. The SMILES string of the molecule is CC1(C)OC(=O)C(=CNc2cccc(Br)n2)C(=O)O1. The molecule has 0 atom stereocenters. The Balaban J connectivity index is 2.15. The number of pyridine rings is 1. The summed E-state index contributed by atoms with van der Waals surface area (Å²) in [6.07, 6.45) is 1.22. The van der Waals surface area contributed by atoms with Crippen LogP contribution in [0.4, 0.5) is 5.82 Å². The van der Waals surface area contributed by atoms with E-state index in [0.29, 0.717) is 10.4 Å². The first-order chi connectivity index (χ1) is 8.87. The number of carbonyl (C=O) groups is 2. The Morgan fingerprint density at radius 1 is 1.26 bits per heavy atom. The van der Waals surface area contributed by atoms with Gasteiger partial charge in [-0.25, -0.2) is 14.6 Å². The number of carbonyl (C=O) groups excluding carboxylic acids is 2. The van der Waals surface area contributed by atoms with E-state index in [2.05, 4.69) is 26.2 Å². The van der Waals surface area contributed by atoms with E-state index in [1.807, 2.05) is 0 Å². The second-order valence-corrected chi connectivity index (χ2v) is 5.04. The van der Waals surface area contributed by atoms with Crippen molar-refractivity contribution in [3.8, 4) is 0 Å². The summed E-state index contributed by atoms with van der Waals surface area (Å²) in [6.45, 7) is 2.98. The van der Waals surface area contributed by atoms with Crippen LogP contribution in [0.2, 0.25) is 0 Å². The number of ether oxygens (including phenoxy) is 2. The van der Waals surface area contributed by atoms with E-state index in [1.165, 1.54) is 20.0 Å². The van der Waals surface area contributed by atoms with Crippen LogP contribution in [0.25, 0.3) is 0 Å². The largest absolute Gasteiger partial charge is 0.419 e. The first kappa shape index (κ1) is 13.5. The molecule has 0 aromatic carbocycles. The average molecular weight is 327 g/mol. The number of hydrogen-bond acceptors (Lipinski definition) is 6. The van der Waals surface area contributed by atoms with E-state index in [9.17, 15) is 9.59 Å². The lowest BCUT2D eigenvalue weighted by molar-refractivity contribution is -0.222.